The predicted octanol–water partition coefficient (Wildman–Crippen LogP) is 1.88. The molecule has 0 aromatic carbocycles. The maximum Gasteiger partial charge on any atom is 0.0802 e. The van der Waals surface area contributed by atoms with E-state index < -0.39 is 0 Å². The number of aryl methyl sites for hydroxylation is 1. The first-order valence-corrected chi connectivity index (χ1v) is 5.73. The zero-order valence-corrected chi connectivity index (χ0v) is 10.1. The maximum atomic E-state index is 4.42. The zero-order valence-electron chi connectivity index (χ0n) is 10.1. The van der Waals surface area contributed by atoms with E-state index in [2.05, 4.69) is 27.2 Å². The van der Waals surface area contributed by atoms with E-state index in [0.29, 0.717) is 0 Å². The van der Waals surface area contributed by atoms with Gasteiger partial charge in [0.15, 0.2) is 0 Å². The molecule has 2 rings (SSSR count). The van der Waals surface area contributed by atoms with Crippen molar-refractivity contribution < 1.29 is 0 Å². The summed E-state index contributed by atoms with van der Waals surface area (Å²) in [5, 5.41) is 3.39. The van der Waals surface area contributed by atoms with Crippen molar-refractivity contribution in [2.45, 2.75) is 19.9 Å². The molecule has 2 heterocycles. The second kappa shape index (κ2) is 5.50. The summed E-state index contributed by atoms with van der Waals surface area (Å²) in [6.45, 7) is 4.88. The molecule has 0 aliphatic heterocycles. The molecule has 1 unspecified atom stereocenters. The first-order valence-electron chi connectivity index (χ1n) is 5.73. The van der Waals surface area contributed by atoms with E-state index in [-0.39, 0.29) is 6.04 Å². The predicted molar refractivity (Wildman–Crippen MR) is 66.5 cm³/mol. The Bertz CT molecular complexity index is 453. The number of hydrogen-bond acceptors (Lipinski definition) is 4. The monoisotopic (exact) mass is 228 g/mol. The largest absolute Gasteiger partial charge is 0.305 e. The highest BCUT2D eigenvalue weighted by molar-refractivity contribution is 5.23. The molecule has 2 aromatic heterocycles. The minimum atomic E-state index is 0.0572. The van der Waals surface area contributed by atoms with Gasteiger partial charge in [-0.15, -0.1) is 0 Å². The molecule has 0 amide bonds. The van der Waals surface area contributed by atoms with Crippen molar-refractivity contribution in [3.63, 3.8) is 0 Å². The highest BCUT2D eigenvalue weighted by Gasteiger charge is 2.14. The minimum absolute atomic E-state index is 0.0572. The molecule has 4 heteroatoms. The van der Waals surface area contributed by atoms with Crippen LogP contribution in [0.2, 0.25) is 0 Å². The first-order chi connectivity index (χ1) is 8.31. The van der Waals surface area contributed by atoms with E-state index in [1.807, 2.05) is 31.5 Å². The molecule has 0 fully saturated rings. The zero-order chi connectivity index (χ0) is 12.1. The van der Waals surface area contributed by atoms with Crippen molar-refractivity contribution >= 4 is 0 Å². The third-order valence-electron chi connectivity index (χ3n) is 2.52. The van der Waals surface area contributed by atoms with Crippen molar-refractivity contribution in [2.75, 3.05) is 6.54 Å². The smallest absolute Gasteiger partial charge is 0.0802 e. The molecule has 2 aromatic rings. The Morgan fingerprint density at radius 2 is 2.12 bits per heavy atom. The van der Waals surface area contributed by atoms with Crippen LogP contribution in [0, 0.1) is 6.92 Å². The SMILES string of the molecule is CCNC(c1cccnc1)c1cnc(C)cn1. The summed E-state index contributed by atoms with van der Waals surface area (Å²) in [5.74, 6) is 0. The lowest BCUT2D eigenvalue weighted by atomic mass is 10.1. The Morgan fingerprint density at radius 1 is 1.24 bits per heavy atom. The van der Waals surface area contributed by atoms with Gasteiger partial charge < -0.3 is 5.32 Å². The van der Waals surface area contributed by atoms with Gasteiger partial charge in [-0.2, -0.15) is 0 Å². The molecule has 0 aliphatic carbocycles. The molecule has 0 saturated carbocycles. The number of rotatable bonds is 4. The van der Waals surface area contributed by atoms with Gasteiger partial charge in [-0.1, -0.05) is 13.0 Å². The number of aromatic nitrogens is 3. The Morgan fingerprint density at radius 3 is 2.71 bits per heavy atom. The fraction of sp³-hybridized carbons (Fsp3) is 0.308. The fourth-order valence-electron chi connectivity index (χ4n) is 1.70. The Hall–Kier alpha value is -1.81. The highest BCUT2D eigenvalue weighted by Crippen LogP contribution is 2.18. The van der Waals surface area contributed by atoms with Crippen molar-refractivity contribution in [3.8, 4) is 0 Å². The molecule has 0 aliphatic rings. The van der Waals surface area contributed by atoms with Crippen LogP contribution in [0.25, 0.3) is 0 Å². The van der Waals surface area contributed by atoms with Crippen molar-refractivity contribution in [2.24, 2.45) is 0 Å². The summed E-state index contributed by atoms with van der Waals surface area (Å²) in [4.78, 5) is 12.8. The summed E-state index contributed by atoms with van der Waals surface area (Å²) in [6, 6.07) is 4.03. The van der Waals surface area contributed by atoms with E-state index in [4.69, 9.17) is 0 Å². The van der Waals surface area contributed by atoms with Crippen molar-refractivity contribution in [3.05, 3.63) is 53.9 Å². The lowest BCUT2D eigenvalue weighted by Gasteiger charge is -2.17. The van der Waals surface area contributed by atoms with Gasteiger partial charge >= 0.3 is 0 Å². The molecular weight excluding hydrogens is 212 g/mol. The fourth-order valence-corrected chi connectivity index (χ4v) is 1.70. The lowest BCUT2D eigenvalue weighted by Crippen LogP contribution is -2.23. The van der Waals surface area contributed by atoms with E-state index in [1.165, 1.54) is 0 Å². The minimum Gasteiger partial charge on any atom is -0.305 e. The Labute approximate surface area is 101 Å². The lowest BCUT2D eigenvalue weighted by molar-refractivity contribution is 0.610. The van der Waals surface area contributed by atoms with Gasteiger partial charge in [0.1, 0.15) is 0 Å². The molecule has 0 saturated heterocycles. The quantitative estimate of drug-likeness (QED) is 0.868. The van der Waals surface area contributed by atoms with Crippen LogP contribution >= 0.6 is 0 Å². The number of nitrogens with zero attached hydrogens (tertiary/aromatic N) is 3. The van der Waals surface area contributed by atoms with E-state index >= 15 is 0 Å². The van der Waals surface area contributed by atoms with E-state index in [9.17, 15) is 0 Å². The van der Waals surface area contributed by atoms with Crippen LogP contribution in [0.1, 0.15) is 29.9 Å². The van der Waals surface area contributed by atoms with Crippen LogP contribution in [0.15, 0.2) is 36.9 Å². The van der Waals surface area contributed by atoms with Gasteiger partial charge in [0.05, 0.1) is 23.6 Å². The second-order valence-corrected chi connectivity index (χ2v) is 3.86. The number of nitrogens with one attached hydrogen (secondary N) is 1. The third kappa shape index (κ3) is 2.85. The van der Waals surface area contributed by atoms with Gasteiger partial charge in [0.2, 0.25) is 0 Å². The first kappa shape index (κ1) is 11.7. The molecule has 0 radical (unpaired) electrons. The Kier molecular flexibility index (Phi) is 3.77. The topological polar surface area (TPSA) is 50.7 Å². The van der Waals surface area contributed by atoms with Crippen LogP contribution in [-0.2, 0) is 0 Å². The molecule has 1 N–H and O–H groups in total. The Balaban J connectivity index is 2.32. The van der Waals surface area contributed by atoms with Crippen LogP contribution < -0.4 is 5.32 Å². The second-order valence-electron chi connectivity index (χ2n) is 3.86. The van der Waals surface area contributed by atoms with E-state index in [0.717, 1.165) is 23.5 Å². The van der Waals surface area contributed by atoms with Crippen LogP contribution in [0.4, 0.5) is 0 Å². The van der Waals surface area contributed by atoms with E-state index in [1.54, 1.807) is 12.4 Å². The molecule has 4 nitrogen and oxygen atoms in total. The maximum absolute atomic E-state index is 4.42. The molecule has 0 spiro atoms. The number of pyridine rings is 1. The molecule has 1 atom stereocenters. The molecular formula is C13H16N4. The summed E-state index contributed by atoms with van der Waals surface area (Å²) in [7, 11) is 0. The normalized spacial score (nSPS) is 12.4. The van der Waals surface area contributed by atoms with Crippen molar-refractivity contribution in [1.29, 1.82) is 0 Å². The molecule has 17 heavy (non-hydrogen) atoms. The highest BCUT2D eigenvalue weighted by atomic mass is 14.9. The average Bonchev–Trinajstić information content (AvgIpc) is 2.38. The van der Waals surface area contributed by atoms with Crippen LogP contribution in [-0.4, -0.2) is 21.5 Å². The van der Waals surface area contributed by atoms with Crippen LogP contribution in [0.3, 0.4) is 0 Å². The van der Waals surface area contributed by atoms with Gasteiger partial charge in [-0.05, 0) is 25.1 Å². The average molecular weight is 228 g/mol. The standard InChI is InChI=1S/C13H16N4/c1-3-15-13(11-5-4-6-14-8-11)12-9-16-10(2)7-17-12/h4-9,13,15H,3H2,1-2H3. The van der Waals surface area contributed by atoms with Crippen LogP contribution in [0.5, 0.6) is 0 Å². The summed E-state index contributed by atoms with van der Waals surface area (Å²) < 4.78 is 0. The van der Waals surface area contributed by atoms with Gasteiger partial charge in [0, 0.05) is 18.6 Å². The number of hydrogen-bond donors (Lipinski definition) is 1. The van der Waals surface area contributed by atoms with Gasteiger partial charge in [-0.25, -0.2) is 0 Å². The third-order valence-corrected chi connectivity index (χ3v) is 2.52. The molecule has 0 bridgehead atoms. The summed E-state index contributed by atoms with van der Waals surface area (Å²) in [6.07, 6.45) is 7.23. The summed E-state index contributed by atoms with van der Waals surface area (Å²) in [5.41, 5.74) is 2.95. The van der Waals surface area contributed by atoms with Crippen molar-refractivity contribution in [1.82, 2.24) is 20.3 Å². The van der Waals surface area contributed by atoms with Gasteiger partial charge in [0.25, 0.3) is 0 Å². The summed E-state index contributed by atoms with van der Waals surface area (Å²) >= 11 is 0. The van der Waals surface area contributed by atoms with Gasteiger partial charge in [-0.3, -0.25) is 15.0 Å². The molecule has 88 valence electrons.